The zero-order chi connectivity index (χ0) is 22.1. The number of carboxylic acids is 1. The van der Waals surface area contributed by atoms with Crippen LogP contribution in [0.2, 0.25) is 0 Å². The van der Waals surface area contributed by atoms with Crippen LogP contribution in [0.5, 0.6) is 0 Å². The van der Waals surface area contributed by atoms with E-state index in [1.165, 1.54) is 33.1 Å². The molecular formula is C18H18N6O5S2. The molecule has 0 aliphatic carbocycles. The molecule has 3 heterocycles. The molecular weight excluding hydrogens is 444 g/mol. The van der Waals surface area contributed by atoms with Gasteiger partial charge in [-0.1, -0.05) is 42.1 Å². The van der Waals surface area contributed by atoms with Crippen LogP contribution in [0, 0.1) is 0 Å². The predicted octanol–water partition coefficient (Wildman–Crippen LogP) is -0.226. The highest BCUT2D eigenvalue weighted by molar-refractivity contribution is 8.01. The van der Waals surface area contributed by atoms with E-state index < -0.39 is 35.3 Å². The van der Waals surface area contributed by atoms with Gasteiger partial charge in [-0.3, -0.25) is 14.5 Å². The Morgan fingerprint density at radius 3 is 2.74 bits per heavy atom. The first-order chi connectivity index (χ1) is 14.9. The summed E-state index contributed by atoms with van der Waals surface area (Å²) >= 11 is 2.64. The maximum Gasteiger partial charge on any atom is 0.352 e. The van der Waals surface area contributed by atoms with Gasteiger partial charge in [-0.25, -0.2) is 9.48 Å². The molecule has 13 heteroatoms. The number of carbonyl (C=O) groups excluding carboxylic acids is 2. The fourth-order valence-corrected chi connectivity index (χ4v) is 5.64. The number of aromatic nitrogens is 4. The maximum atomic E-state index is 12.7. The van der Waals surface area contributed by atoms with E-state index in [0.717, 1.165) is 0 Å². The first kappa shape index (κ1) is 21.3. The number of carbonyl (C=O) groups is 3. The number of aliphatic carboxylic acids is 1. The summed E-state index contributed by atoms with van der Waals surface area (Å²) < 4.78 is 1.48. The smallest absolute Gasteiger partial charge is 0.352 e. The van der Waals surface area contributed by atoms with Crippen LogP contribution in [0.15, 0.2) is 46.8 Å². The number of aliphatic hydroxyl groups is 1. The fourth-order valence-electron chi connectivity index (χ4n) is 3.31. The number of tetrazole rings is 1. The molecule has 162 valence electrons. The molecule has 3 atom stereocenters. The molecule has 0 spiro atoms. The summed E-state index contributed by atoms with van der Waals surface area (Å²) in [6.07, 6.45) is -1.42. The first-order valence-electron chi connectivity index (χ1n) is 9.17. The van der Waals surface area contributed by atoms with Crippen LogP contribution >= 0.6 is 23.5 Å². The summed E-state index contributed by atoms with van der Waals surface area (Å²) in [5.41, 5.74) is 0.901. The molecule has 1 unspecified atom stereocenters. The Hall–Kier alpha value is -2.90. The van der Waals surface area contributed by atoms with Crippen LogP contribution in [0.1, 0.15) is 11.7 Å². The number of benzene rings is 1. The zero-order valence-corrected chi connectivity index (χ0v) is 17.8. The molecule has 3 N–H and O–H groups in total. The summed E-state index contributed by atoms with van der Waals surface area (Å²) in [5.74, 6) is -1.75. The number of amides is 2. The molecule has 0 bridgehead atoms. The summed E-state index contributed by atoms with van der Waals surface area (Å²) in [6, 6.07) is 7.46. The van der Waals surface area contributed by atoms with Gasteiger partial charge < -0.3 is 15.5 Å². The maximum absolute atomic E-state index is 12.7. The Morgan fingerprint density at radius 2 is 2.10 bits per heavy atom. The van der Waals surface area contributed by atoms with E-state index in [0.29, 0.717) is 27.8 Å². The lowest BCUT2D eigenvalue weighted by atomic mass is 10.0. The lowest BCUT2D eigenvalue weighted by Gasteiger charge is -2.49. The lowest BCUT2D eigenvalue weighted by Crippen LogP contribution is -2.70. The number of rotatable bonds is 7. The minimum absolute atomic E-state index is 0.0783. The monoisotopic (exact) mass is 462 g/mol. The van der Waals surface area contributed by atoms with Crippen LogP contribution in [0.4, 0.5) is 0 Å². The second kappa shape index (κ2) is 8.69. The highest BCUT2D eigenvalue weighted by Gasteiger charge is 2.54. The van der Waals surface area contributed by atoms with Crippen LogP contribution in [0.3, 0.4) is 0 Å². The molecule has 2 aromatic rings. The molecule has 0 radical (unpaired) electrons. The zero-order valence-electron chi connectivity index (χ0n) is 16.2. The molecule has 1 aromatic carbocycles. The first-order valence-corrected chi connectivity index (χ1v) is 11.2. The van der Waals surface area contributed by atoms with Gasteiger partial charge >= 0.3 is 5.97 Å². The van der Waals surface area contributed by atoms with Gasteiger partial charge in [0, 0.05) is 18.6 Å². The van der Waals surface area contributed by atoms with Crippen LogP contribution < -0.4 is 5.32 Å². The van der Waals surface area contributed by atoms with Gasteiger partial charge in [-0.2, -0.15) is 0 Å². The standard InChI is InChI=1S/C18H18N6O5S2/c1-23-18(20-21-22-23)31-8-10-7-30-16-11(15(27)24(16)12(10)17(28)29)19-14(26)13(25)9-5-3-2-4-6-9/h2-6,11,13,16,25H,7-8H2,1H3,(H,19,26)(H,28,29)/t11-,13+,16?/m0/s1. The second-order valence-corrected chi connectivity index (χ2v) is 8.89. The van der Waals surface area contributed by atoms with Crippen LogP contribution in [-0.2, 0) is 21.4 Å². The minimum Gasteiger partial charge on any atom is -0.477 e. The largest absolute Gasteiger partial charge is 0.477 e. The molecule has 11 nitrogen and oxygen atoms in total. The fraction of sp³-hybridized carbons (Fsp3) is 0.333. The molecule has 2 amide bonds. The van der Waals surface area contributed by atoms with E-state index in [9.17, 15) is 24.6 Å². The van der Waals surface area contributed by atoms with Crippen molar-refractivity contribution in [2.24, 2.45) is 7.05 Å². The normalized spacial score (nSPS) is 21.4. The van der Waals surface area contributed by atoms with Crippen molar-refractivity contribution in [2.45, 2.75) is 22.7 Å². The number of nitrogens with zero attached hydrogens (tertiary/aromatic N) is 5. The number of aliphatic hydroxyl groups excluding tert-OH is 1. The Balaban J connectivity index is 1.46. The number of thioether (sulfide) groups is 2. The van der Waals surface area contributed by atoms with Gasteiger partial charge in [0.2, 0.25) is 5.16 Å². The molecule has 2 aliphatic heterocycles. The molecule has 4 rings (SSSR count). The van der Waals surface area contributed by atoms with E-state index >= 15 is 0 Å². The Morgan fingerprint density at radius 1 is 1.35 bits per heavy atom. The average Bonchev–Trinajstić information content (AvgIpc) is 3.19. The molecule has 31 heavy (non-hydrogen) atoms. The number of hydrogen-bond acceptors (Lipinski definition) is 9. The Kier molecular flexibility index (Phi) is 5.98. The number of hydrogen-bond donors (Lipinski definition) is 3. The third kappa shape index (κ3) is 4.03. The molecule has 1 saturated heterocycles. The van der Waals surface area contributed by atoms with E-state index in [2.05, 4.69) is 20.8 Å². The Bertz CT molecular complexity index is 1060. The van der Waals surface area contributed by atoms with Gasteiger partial charge in [-0.15, -0.1) is 16.9 Å². The highest BCUT2D eigenvalue weighted by Crippen LogP contribution is 2.41. The van der Waals surface area contributed by atoms with Crippen molar-refractivity contribution in [3.63, 3.8) is 0 Å². The topological polar surface area (TPSA) is 151 Å². The van der Waals surface area contributed by atoms with Crippen molar-refractivity contribution >= 4 is 41.3 Å². The van der Waals surface area contributed by atoms with Crippen molar-refractivity contribution in [2.75, 3.05) is 11.5 Å². The third-order valence-corrected chi connectivity index (χ3v) is 7.30. The predicted molar refractivity (Wildman–Crippen MR) is 111 cm³/mol. The molecule has 2 aliphatic rings. The highest BCUT2D eigenvalue weighted by atomic mass is 32.2. The second-order valence-electron chi connectivity index (χ2n) is 6.84. The quantitative estimate of drug-likeness (QED) is 0.372. The van der Waals surface area contributed by atoms with Crippen molar-refractivity contribution < 1.29 is 24.6 Å². The summed E-state index contributed by atoms with van der Waals surface area (Å²) in [6.45, 7) is 0. The number of carboxylic acid groups (broad SMARTS) is 1. The summed E-state index contributed by atoms with van der Waals surface area (Å²) in [4.78, 5) is 38.2. The SMILES string of the molecule is Cn1nnnc1SCC1=C(C(=O)O)N2C(=O)[C@H](NC(=O)[C@H](O)c3ccccc3)C2SC1. The van der Waals surface area contributed by atoms with Gasteiger partial charge in [-0.05, 0) is 21.6 Å². The van der Waals surface area contributed by atoms with Crippen LogP contribution in [0.25, 0.3) is 0 Å². The van der Waals surface area contributed by atoms with Crippen molar-refractivity contribution in [3.05, 3.63) is 47.2 Å². The number of aryl methyl sites for hydroxylation is 1. The number of nitrogens with one attached hydrogen (secondary N) is 1. The van der Waals surface area contributed by atoms with Crippen molar-refractivity contribution in [1.82, 2.24) is 30.4 Å². The number of β-lactam (4-membered cyclic amide) rings is 1. The summed E-state index contributed by atoms with van der Waals surface area (Å²) in [5, 5.41) is 33.6. The minimum atomic E-state index is -1.42. The van der Waals surface area contributed by atoms with Crippen molar-refractivity contribution in [1.29, 1.82) is 0 Å². The van der Waals surface area contributed by atoms with E-state index in [-0.39, 0.29) is 5.70 Å². The lowest BCUT2D eigenvalue weighted by molar-refractivity contribution is -0.151. The Labute approximate surface area is 184 Å². The molecule has 1 aromatic heterocycles. The van der Waals surface area contributed by atoms with E-state index in [1.54, 1.807) is 37.4 Å². The average molecular weight is 463 g/mol. The van der Waals surface area contributed by atoms with Gasteiger partial charge in [0.15, 0.2) is 6.10 Å². The van der Waals surface area contributed by atoms with Gasteiger partial charge in [0.25, 0.3) is 11.8 Å². The third-order valence-electron chi connectivity index (χ3n) is 4.87. The van der Waals surface area contributed by atoms with Gasteiger partial charge in [0.05, 0.1) is 0 Å². The van der Waals surface area contributed by atoms with E-state index in [4.69, 9.17) is 0 Å². The van der Waals surface area contributed by atoms with Crippen molar-refractivity contribution in [3.8, 4) is 0 Å². The van der Waals surface area contributed by atoms with Crippen LogP contribution in [-0.4, -0.2) is 76.0 Å². The molecule has 0 saturated carbocycles. The number of fused-ring (bicyclic) bond motifs is 1. The molecule has 1 fully saturated rings. The van der Waals surface area contributed by atoms with E-state index in [1.807, 2.05) is 0 Å². The van der Waals surface area contributed by atoms with Gasteiger partial charge in [0.1, 0.15) is 17.1 Å². The summed E-state index contributed by atoms with van der Waals surface area (Å²) in [7, 11) is 1.68.